The van der Waals surface area contributed by atoms with Crippen molar-refractivity contribution in [3.8, 4) is 5.75 Å². The molecule has 0 saturated heterocycles. The number of methoxy groups -OCH3 is 1. The van der Waals surface area contributed by atoms with E-state index in [9.17, 15) is 13.2 Å². The first-order chi connectivity index (χ1) is 13.0. The monoisotopic (exact) mass is 400 g/mol. The van der Waals surface area contributed by atoms with E-state index in [1.165, 1.54) is 37.1 Å². The van der Waals surface area contributed by atoms with Gasteiger partial charge in [-0.1, -0.05) is 17.8 Å². The SMILES string of the molecule is COc1ccc(S(=O)(=O)Nc2cccc3c2NC2=C(CC(=O)C=C2)S3)cc1. The van der Waals surface area contributed by atoms with E-state index < -0.39 is 10.0 Å². The largest absolute Gasteiger partial charge is 0.497 e. The van der Waals surface area contributed by atoms with E-state index in [1.807, 2.05) is 6.07 Å². The molecular formula is C19H16N2O4S2. The highest BCUT2D eigenvalue weighted by Crippen LogP contribution is 2.46. The Morgan fingerprint density at radius 1 is 1.11 bits per heavy atom. The van der Waals surface area contributed by atoms with Crippen molar-refractivity contribution in [1.29, 1.82) is 0 Å². The van der Waals surface area contributed by atoms with Crippen molar-refractivity contribution in [3.05, 3.63) is 65.2 Å². The van der Waals surface area contributed by atoms with Gasteiger partial charge in [-0.3, -0.25) is 9.52 Å². The van der Waals surface area contributed by atoms with Crippen LogP contribution in [0.15, 0.2) is 75.0 Å². The summed E-state index contributed by atoms with van der Waals surface area (Å²) in [6, 6.07) is 11.6. The molecule has 0 atom stereocenters. The Kier molecular flexibility index (Phi) is 4.45. The number of carbonyl (C=O) groups is 1. The Balaban J connectivity index is 1.65. The first kappa shape index (κ1) is 17.7. The number of anilines is 2. The predicted octanol–water partition coefficient (Wildman–Crippen LogP) is 3.75. The van der Waals surface area contributed by atoms with Crippen LogP contribution in [0.5, 0.6) is 5.75 Å². The molecule has 2 aliphatic rings. The fourth-order valence-electron chi connectivity index (χ4n) is 2.84. The van der Waals surface area contributed by atoms with Gasteiger partial charge in [-0.25, -0.2) is 8.42 Å². The van der Waals surface area contributed by atoms with Gasteiger partial charge in [-0.05, 0) is 48.6 Å². The average molecular weight is 400 g/mol. The lowest BCUT2D eigenvalue weighted by Crippen LogP contribution is -2.17. The lowest BCUT2D eigenvalue weighted by atomic mass is 10.1. The molecule has 0 fully saturated rings. The van der Waals surface area contributed by atoms with Crippen molar-refractivity contribution in [1.82, 2.24) is 0 Å². The molecule has 27 heavy (non-hydrogen) atoms. The molecule has 138 valence electrons. The van der Waals surface area contributed by atoms with E-state index in [4.69, 9.17) is 4.74 Å². The predicted molar refractivity (Wildman–Crippen MR) is 106 cm³/mol. The molecule has 0 bridgehead atoms. The Morgan fingerprint density at radius 3 is 2.63 bits per heavy atom. The number of allylic oxidation sites excluding steroid dienone is 3. The molecule has 0 amide bonds. The second kappa shape index (κ2) is 6.79. The van der Waals surface area contributed by atoms with E-state index in [0.29, 0.717) is 23.5 Å². The number of fused-ring (bicyclic) bond motifs is 1. The zero-order valence-corrected chi connectivity index (χ0v) is 16.0. The fourth-order valence-corrected chi connectivity index (χ4v) is 5.03. The van der Waals surface area contributed by atoms with Gasteiger partial charge in [0.25, 0.3) is 10.0 Å². The zero-order chi connectivity index (χ0) is 19.0. The van der Waals surface area contributed by atoms with Crippen molar-refractivity contribution in [3.63, 3.8) is 0 Å². The summed E-state index contributed by atoms with van der Waals surface area (Å²) in [5.74, 6) is 0.644. The molecule has 6 nitrogen and oxygen atoms in total. The molecule has 2 aromatic carbocycles. The van der Waals surface area contributed by atoms with Crippen LogP contribution in [0.3, 0.4) is 0 Å². The van der Waals surface area contributed by atoms with Crippen LogP contribution >= 0.6 is 11.8 Å². The topological polar surface area (TPSA) is 84.5 Å². The van der Waals surface area contributed by atoms with Gasteiger partial charge in [0.05, 0.1) is 23.4 Å². The summed E-state index contributed by atoms with van der Waals surface area (Å²) in [4.78, 5) is 13.6. The summed E-state index contributed by atoms with van der Waals surface area (Å²) in [6.07, 6.45) is 3.61. The highest BCUT2D eigenvalue weighted by Gasteiger charge is 2.25. The minimum atomic E-state index is -3.75. The van der Waals surface area contributed by atoms with E-state index in [0.717, 1.165) is 15.5 Å². The van der Waals surface area contributed by atoms with Crippen LogP contribution in [-0.2, 0) is 14.8 Å². The van der Waals surface area contributed by atoms with Crippen LogP contribution in [0.1, 0.15) is 6.42 Å². The smallest absolute Gasteiger partial charge is 0.261 e. The highest BCUT2D eigenvalue weighted by atomic mass is 32.2. The third-order valence-electron chi connectivity index (χ3n) is 4.20. The summed E-state index contributed by atoms with van der Waals surface area (Å²) >= 11 is 1.48. The molecule has 2 N–H and O–H groups in total. The molecule has 8 heteroatoms. The normalized spacial score (nSPS) is 15.7. The molecule has 1 aliphatic heterocycles. The van der Waals surface area contributed by atoms with Crippen molar-refractivity contribution in [2.24, 2.45) is 0 Å². The molecule has 2 aromatic rings. The average Bonchev–Trinajstić information content (AvgIpc) is 2.66. The minimum Gasteiger partial charge on any atom is -0.497 e. The maximum Gasteiger partial charge on any atom is 0.261 e. The van der Waals surface area contributed by atoms with Crippen LogP contribution in [0.2, 0.25) is 0 Å². The van der Waals surface area contributed by atoms with E-state index in [-0.39, 0.29) is 10.7 Å². The second-order valence-electron chi connectivity index (χ2n) is 6.00. The second-order valence-corrected chi connectivity index (χ2v) is 8.82. The molecular weight excluding hydrogens is 384 g/mol. The quantitative estimate of drug-likeness (QED) is 0.813. The number of rotatable bonds is 4. The van der Waals surface area contributed by atoms with E-state index >= 15 is 0 Å². The van der Waals surface area contributed by atoms with Crippen molar-refractivity contribution in [2.45, 2.75) is 16.2 Å². The van der Waals surface area contributed by atoms with Gasteiger partial charge in [0.15, 0.2) is 5.78 Å². The summed E-state index contributed by atoms with van der Waals surface area (Å²) in [5.41, 5.74) is 1.95. The van der Waals surface area contributed by atoms with Crippen LogP contribution in [0, 0.1) is 0 Å². The number of carbonyl (C=O) groups excluding carboxylic acids is 1. The Morgan fingerprint density at radius 2 is 1.89 bits per heavy atom. The van der Waals surface area contributed by atoms with E-state index in [2.05, 4.69) is 10.0 Å². The molecule has 1 heterocycles. The third-order valence-corrected chi connectivity index (χ3v) is 6.76. The standard InChI is InChI=1S/C19H16N2O4S2/c1-25-13-6-8-14(9-7-13)27(23,24)21-16-3-2-4-17-19(16)20-15-10-5-12(22)11-18(15)26-17/h2-10,20-21H,11H2,1H3. The molecule has 0 aromatic heterocycles. The van der Waals surface area contributed by atoms with Crippen molar-refractivity contribution in [2.75, 3.05) is 17.1 Å². The zero-order valence-electron chi connectivity index (χ0n) is 14.4. The maximum atomic E-state index is 12.8. The van der Waals surface area contributed by atoms with Gasteiger partial charge < -0.3 is 10.1 Å². The number of ketones is 1. The number of thioether (sulfide) groups is 1. The van der Waals surface area contributed by atoms with Gasteiger partial charge in [0.1, 0.15) is 5.75 Å². The summed E-state index contributed by atoms with van der Waals surface area (Å²) in [5, 5.41) is 3.25. The van der Waals surface area contributed by atoms with Gasteiger partial charge in [0, 0.05) is 21.9 Å². The van der Waals surface area contributed by atoms with Crippen LogP contribution in [0.25, 0.3) is 0 Å². The first-order valence-electron chi connectivity index (χ1n) is 8.15. The molecule has 0 spiro atoms. The van der Waals surface area contributed by atoms with Crippen LogP contribution in [0.4, 0.5) is 11.4 Å². The van der Waals surface area contributed by atoms with E-state index in [1.54, 1.807) is 30.3 Å². The Hall–Kier alpha value is -2.71. The van der Waals surface area contributed by atoms with Gasteiger partial charge in [-0.15, -0.1) is 0 Å². The Bertz CT molecular complexity index is 1090. The maximum absolute atomic E-state index is 12.8. The lowest BCUT2D eigenvalue weighted by molar-refractivity contribution is -0.114. The number of hydrogen-bond donors (Lipinski definition) is 2. The number of ether oxygens (including phenoxy) is 1. The highest BCUT2D eigenvalue weighted by molar-refractivity contribution is 8.03. The number of sulfonamides is 1. The Labute approximate surface area is 161 Å². The fraction of sp³-hybridized carbons (Fsp3) is 0.105. The lowest BCUT2D eigenvalue weighted by Gasteiger charge is -2.26. The van der Waals surface area contributed by atoms with Crippen molar-refractivity contribution >= 4 is 38.9 Å². The van der Waals surface area contributed by atoms with Gasteiger partial charge in [-0.2, -0.15) is 0 Å². The summed E-state index contributed by atoms with van der Waals surface area (Å²) < 4.78 is 33.2. The number of benzene rings is 2. The molecule has 0 radical (unpaired) electrons. The first-order valence-corrected chi connectivity index (χ1v) is 10.4. The van der Waals surface area contributed by atoms with Gasteiger partial charge >= 0.3 is 0 Å². The third kappa shape index (κ3) is 3.45. The number of nitrogens with one attached hydrogen (secondary N) is 2. The summed E-state index contributed by atoms with van der Waals surface area (Å²) in [6.45, 7) is 0. The van der Waals surface area contributed by atoms with Crippen molar-refractivity contribution < 1.29 is 17.9 Å². The molecule has 0 saturated carbocycles. The number of hydrogen-bond acceptors (Lipinski definition) is 6. The molecule has 1 aliphatic carbocycles. The number of para-hydroxylation sites is 1. The molecule has 0 unspecified atom stereocenters. The van der Waals surface area contributed by atoms with Gasteiger partial charge in [0.2, 0.25) is 0 Å². The summed E-state index contributed by atoms with van der Waals surface area (Å²) in [7, 11) is -2.23. The van der Waals surface area contributed by atoms with Crippen LogP contribution in [-0.4, -0.2) is 21.3 Å². The minimum absolute atomic E-state index is 0.0582. The molecule has 4 rings (SSSR count). The van der Waals surface area contributed by atoms with Crippen LogP contribution < -0.4 is 14.8 Å².